The molecule has 1 fully saturated rings. The molecule has 1 aromatic carbocycles. The molecule has 1 aromatic rings. The number of benzene rings is 1. The zero-order valence-electron chi connectivity index (χ0n) is 14.1. The van der Waals surface area contributed by atoms with E-state index in [1.165, 1.54) is 7.11 Å². The van der Waals surface area contributed by atoms with Crippen LogP contribution in [0.3, 0.4) is 0 Å². The van der Waals surface area contributed by atoms with E-state index in [-0.39, 0.29) is 30.3 Å². The minimum absolute atomic E-state index is 0. The maximum absolute atomic E-state index is 11.9. The number of halogens is 2. The van der Waals surface area contributed by atoms with Crippen molar-refractivity contribution in [3.63, 3.8) is 0 Å². The molecule has 1 aliphatic carbocycles. The summed E-state index contributed by atoms with van der Waals surface area (Å²) in [6.45, 7) is 3.82. The van der Waals surface area contributed by atoms with E-state index in [9.17, 15) is 4.79 Å². The molecule has 24 heavy (non-hydrogen) atoms. The Morgan fingerprint density at radius 1 is 1.29 bits per heavy atom. The van der Waals surface area contributed by atoms with Crippen LogP contribution < -0.4 is 15.2 Å². The second-order valence-corrected chi connectivity index (χ2v) is 7.37. The Morgan fingerprint density at radius 3 is 2.46 bits per heavy atom. The fourth-order valence-corrected chi connectivity index (χ4v) is 3.97. The first-order chi connectivity index (χ1) is 10.9. The van der Waals surface area contributed by atoms with Crippen molar-refractivity contribution in [3.05, 3.63) is 21.7 Å². The van der Waals surface area contributed by atoms with Gasteiger partial charge < -0.3 is 19.9 Å². The molecule has 3 rings (SSSR count). The van der Waals surface area contributed by atoms with E-state index in [4.69, 9.17) is 19.9 Å². The molecule has 0 amide bonds. The highest BCUT2D eigenvalue weighted by Gasteiger charge is 2.47. The van der Waals surface area contributed by atoms with Gasteiger partial charge in [0.05, 0.1) is 17.1 Å². The van der Waals surface area contributed by atoms with E-state index in [0.29, 0.717) is 21.5 Å². The molecular weight excluding hydrogens is 398 g/mol. The minimum Gasteiger partial charge on any atom is -0.465 e. The highest BCUT2D eigenvalue weighted by atomic mass is 79.9. The van der Waals surface area contributed by atoms with Gasteiger partial charge in [-0.25, -0.2) is 4.79 Å². The van der Waals surface area contributed by atoms with Crippen LogP contribution >= 0.6 is 28.3 Å². The van der Waals surface area contributed by atoms with E-state index in [1.807, 2.05) is 13.8 Å². The molecule has 5 nitrogen and oxygen atoms in total. The van der Waals surface area contributed by atoms with E-state index < -0.39 is 5.79 Å². The summed E-state index contributed by atoms with van der Waals surface area (Å²) in [6.07, 6.45) is 3.92. The number of carbonyl (C=O) groups excluding carboxylic acids is 1. The number of hydrogen-bond donors (Lipinski definition) is 1. The van der Waals surface area contributed by atoms with E-state index in [1.54, 1.807) is 6.07 Å². The second-order valence-electron chi connectivity index (χ2n) is 6.51. The lowest BCUT2D eigenvalue weighted by Crippen LogP contribution is -2.46. The molecule has 2 aliphatic rings. The third kappa shape index (κ3) is 3.24. The lowest BCUT2D eigenvalue weighted by molar-refractivity contribution is -0.121. The molecule has 0 saturated heterocycles. The Labute approximate surface area is 156 Å². The first-order valence-electron chi connectivity index (χ1n) is 7.90. The predicted octanol–water partition coefficient (Wildman–Crippen LogP) is 3.97. The van der Waals surface area contributed by atoms with Crippen molar-refractivity contribution in [3.8, 4) is 11.5 Å². The number of methoxy groups -OCH3 is 1. The van der Waals surface area contributed by atoms with Crippen molar-refractivity contribution in [1.29, 1.82) is 0 Å². The number of fused-ring (bicyclic) bond motifs is 1. The van der Waals surface area contributed by atoms with Gasteiger partial charge >= 0.3 is 5.97 Å². The standard InChI is InChI=1S/C17H22BrNO4.ClH/c1-9-12(16(20)21-3)8-13(18)15-14(9)22-17(2,23-15)10-4-6-11(19)7-5-10;/h8,10-11H,4-7,19H2,1-3H3;1H. The van der Waals surface area contributed by atoms with Gasteiger partial charge in [0.1, 0.15) is 0 Å². The van der Waals surface area contributed by atoms with Crippen LogP contribution in [0.15, 0.2) is 10.5 Å². The first kappa shape index (κ1) is 19.3. The molecule has 1 heterocycles. The normalized spacial score (nSPS) is 28.2. The van der Waals surface area contributed by atoms with Gasteiger partial charge in [-0.1, -0.05) is 0 Å². The molecule has 1 aliphatic heterocycles. The van der Waals surface area contributed by atoms with Gasteiger partial charge in [0.15, 0.2) is 11.5 Å². The smallest absolute Gasteiger partial charge is 0.338 e. The summed E-state index contributed by atoms with van der Waals surface area (Å²) < 4.78 is 17.9. The fraction of sp³-hybridized carbons (Fsp3) is 0.588. The topological polar surface area (TPSA) is 70.8 Å². The molecule has 1 unspecified atom stereocenters. The molecule has 0 spiro atoms. The number of hydrogen-bond acceptors (Lipinski definition) is 5. The van der Waals surface area contributed by atoms with Crippen LogP contribution in [0.5, 0.6) is 11.5 Å². The first-order valence-corrected chi connectivity index (χ1v) is 8.70. The Morgan fingerprint density at radius 2 is 1.88 bits per heavy atom. The van der Waals surface area contributed by atoms with Crippen LogP contribution in [-0.2, 0) is 4.74 Å². The third-order valence-electron chi connectivity index (χ3n) is 4.97. The van der Waals surface area contributed by atoms with Crippen molar-refractivity contribution in [2.24, 2.45) is 11.7 Å². The highest BCUT2D eigenvalue weighted by molar-refractivity contribution is 9.10. The molecule has 2 N–H and O–H groups in total. The maximum atomic E-state index is 11.9. The SMILES string of the molecule is COC(=O)c1cc(Br)c2c(c1C)OC(C)(C1CCC(N)CC1)O2.Cl. The van der Waals surface area contributed by atoms with Gasteiger partial charge in [0.25, 0.3) is 5.79 Å². The number of ether oxygens (including phenoxy) is 3. The van der Waals surface area contributed by atoms with E-state index >= 15 is 0 Å². The fourth-order valence-electron chi connectivity index (χ4n) is 3.48. The Bertz CT molecular complexity index is 646. The van der Waals surface area contributed by atoms with Gasteiger partial charge in [-0.15, -0.1) is 12.4 Å². The molecule has 0 bridgehead atoms. The zero-order chi connectivity index (χ0) is 16.8. The van der Waals surface area contributed by atoms with Gasteiger partial charge in [0.2, 0.25) is 0 Å². The third-order valence-corrected chi connectivity index (χ3v) is 5.56. The monoisotopic (exact) mass is 419 g/mol. The average molecular weight is 421 g/mol. The van der Waals surface area contributed by atoms with Gasteiger partial charge in [-0.2, -0.15) is 0 Å². The number of esters is 1. The lowest BCUT2D eigenvalue weighted by Gasteiger charge is -2.36. The number of carbonyl (C=O) groups is 1. The van der Waals surface area contributed by atoms with Crippen molar-refractivity contribution < 1.29 is 19.0 Å². The summed E-state index contributed by atoms with van der Waals surface area (Å²) in [7, 11) is 1.37. The van der Waals surface area contributed by atoms with Crippen LogP contribution in [0.2, 0.25) is 0 Å². The summed E-state index contributed by atoms with van der Waals surface area (Å²) in [5.74, 6) is 0.462. The average Bonchev–Trinajstić information content (AvgIpc) is 2.90. The molecule has 1 atom stereocenters. The predicted molar refractivity (Wildman–Crippen MR) is 97.1 cm³/mol. The quantitative estimate of drug-likeness (QED) is 0.733. The lowest BCUT2D eigenvalue weighted by atomic mass is 9.81. The van der Waals surface area contributed by atoms with E-state index in [2.05, 4.69) is 15.9 Å². The summed E-state index contributed by atoms with van der Waals surface area (Å²) in [4.78, 5) is 11.9. The number of nitrogens with two attached hydrogens (primary N) is 1. The van der Waals surface area contributed by atoms with Crippen molar-refractivity contribution >= 4 is 34.3 Å². The summed E-state index contributed by atoms with van der Waals surface area (Å²) >= 11 is 3.48. The molecule has 7 heteroatoms. The van der Waals surface area contributed by atoms with Crippen LogP contribution in [0.25, 0.3) is 0 Å². The second kappa shape index (κ2) is 7.10. The molecular formula is C17H23BrClNO4. The van der Waals surface area contributed by atoms with Crippen molar-refractivity contribution in [2.45, 2.75) is 51.4 Å². The minimum atomic E-state index is -0.718. The molecule has 0 radical (unpaired) electrons. The van der Waals surface area contributed by atoms with Gasteiger partial charge in [-0.05, 0) is 54.6 Å². The Balaban J connectivity index is 0.00000208. The Hall–Kier alpha value is -0.980. The molecule has 1 saturated carbocycles. The largest absolute Gasteiger partial charge is 0.465 e. The number of rotatable bonds is 2. The van der Waals surface area contributed by atoms with E-state index in [0.717, 1.165) is 31.2 Å². The Kier molecular flexibility index (Phi) is 5.72. The van der Waals surface area contributed by atoms with Crippen molar-refractivity contribution in [2.75, 3.05) is 7.11 Å². The van der Waals surface area contributed by atoms with Crippen LogP contribution in [0, 0.1) is 12.8 Å². The van der Waals surface area contributed by atoms with Crippen LogP contribution in [0.1, 0.15) is 48.5 Å². The summed E-state index contributed by atoms with van der Waals surface area (Å²) in [5, 5.41) is 0. The molecule has 134 valence electrons. The van der Waals surface area contributed by atoms with Crippen LogP contribution in [0.4, 0.5) is 0 Å². The maximum Gasteiger partial charge on any atom is 0.338 e. The highest BCUT2D eigenvalue weighted by Crippen LogP contribution is 2.51. The van der Waals surface area contributed by atoms with Gasteiger partial charge in [0, 0.05) is 24.4 Å². The molecule has 0 aromatic heterocycles. The zero-order valence-corrected chi connectivity index (χ0v) is 16.5. The van der Waals surface area contributed by atoms with Gasteiger partial charge in [-0.3, -0.25) is 0 Å². The van der Waals surface area contributed by atoms with Crippen molar-refractivity contribution in [1.82, 2.24) is 0 Å². The van der Waals surface area contributed by atoms with Crippen LogP contribution in [-0.4, -0.2) is 24.9 Å². The summed E-state index contributed by atoms with van der Waals surface area (Å²) in [5.41, 5.74) is 7.22. The summed E-state index contributed by atoms with van der Waals surface area (Å²) in [6, 6.07) is 2.00.